The Kier molecular flexibility index (Phi) is 6.62. The van der Waals surface area contributed by atoms with E-state index in [1.165, 1.54) is 12.1 Å². The van der Waals surface area contributed by atoms with Crippen molar-refractivity contribution in [2.45, 2.75) is 57.6 Å². The van der Waals surface area contributed by atoms with Crippen molar-refractivity contribution in [2.24, 2.45) is 5.73 Å². The number of hydrogen-bond donors (Lipinski definition) is 3. The number of nitrogens with zero attached hydrogens (tertiary/aromatic N) is 3. The van der Waals surface area contributed by atoms with Crippen molar-refractivity contribution in [3.05, 3.63) is 45.1 Å². The number of halogens is 1. The molecule has 30 heavy (non-hydrogen) atoms. The van der Waals surface area contributed by atoms with Crippen molar-refractivity contribution in [1.82, 2.24) is 19.7 Å². The van der Waals surface area contributed by atoms with Crippen LogP contribution in [-0.2, 0) is 11.3 Å². The molecule has 1 aliphatic rings. The average Bonchev–Trinajstić information content (AvgIpc) is 2.86. The minimum atomic E-state index is -0.919. The van der Waals surface area contributed by atoms with Gasteiger partial charge in [0.25, 0.3) is 5.91 Å². The van der Waals surface area contributed by atoms with Crippen molar-refractivity contribution in [3.8, 4) is 5.69 Å². The fraction of sp³-hybridized carbons (Fsp3) is 0.500. The van der Waals surface area contributed by atoms with Crippen molar-refractivity contribution < 1.29 is 14.7 Å². The van der Waals surface area contributed by atoms with E-state index in [-0.39, 0.29) is 23.7 Å². The van der Waals surface area contributed by atoms with E-state index in [4.69, 9.17) is 17.3 Å². The Morgan fingerprint density at radius 2 is 1.93 bits per heavy atom. The molecule has 1 fully saturated rings. The number of rotatable bonds is 6. The van der Waals surface area contributed by atoms with Crippen molar-refractivity contribution in [2.75, 3.05) is 6.54 Å². The Morgan fingerprint density at radius 3 is 2.57 bits per heavy atom. The molecule has 9 nitrogen and oxygen atoms in total. The highest BCUT2D eigenvalue weighted by Gasteiger charge is 2.29. The van der Waals surface area contributed by atoms with Gasteiger partial charge in [-0.05, 0) is 38.0 Å². The van der Waals surface area contributed by atoms with E-state index in [0.717, 1.165) is 34.9 Å². The predicted molar refractivity (Wildman–Crippen MR) is 112 cm³/mol. The van der Waals surface area contributed by atoms with E-state index < -0.39 is 23.1 Å². The third kappa shape index (κ3) is 4.91. The van der Waals surface area contributed by atoms with Gasteiger partial charge in [-0.25, -0.2) is 4.79 Å². The second-order valence-electron chi connectivity index (χ2n) is 7.78. The quantitative estimate of drug-likeness (QED) is 0.588. The SMILES string of the molecule is Cc1nn(-c2ccc(Cl)c(C(=O)NCC3(O)CCCCCC3)c2)c(=O)n1CC(N)=O. The van der Waals surface area contributed by atoms with Gasteiger partial charge in [0.2, 0.25) is 5.91 Å². The van der Waals surface area contributed by atoms with Crippen LogP contribution in [0.1, 0.15) is 54.7 Å². The summed E-state index contributed by atoms with van der Waals surface area (Å²) < 4.78 is 2.24. The number of aryl methyl sites for hydroxylation is 1. The molecule has 0 radical (unpaired) electrons. The second kappa shape index (κ2) is 9.01. The highest BCUT2D eigenvalue weighted by Crippen LogP contribution is 2.27. The van der Waals surface area contributed by atoms with Gasteiger partial charge in [0.15, 0.2) is 0 Å². The van der Waals surface area contributed by atoms with Crippen LogP contribution in [0.25, 0.3) is 5.69 Å². The second-order valence-corrected chi connectivity index (χ2v) is 8.19. The molecule has 1 aliphatic carbocycles. The molecule has 0 spiro atoms. The van der Waals surface area contributed by atoms with Crippen LogP contribution in [0, 0.1) is 6.92 Å². The molecular formula is C20H26ClN5O4. The van der Waals surface area contributed by atoms with Gasteiger partial charge in [0.05, 0.1) is 21.9 Å². The monoisotopic (exact) mass is 435 g/mol. The lowest BCUT2D eigenvalue weighted by Gasteiger charge is -2.26. The summed E-state index contributed by atoms with van der Waals surface area (Å²) in [6, 6.07) is 4.51. The van der Waals surface area contributed by atoms with Gasteiger partial charge in [-0.1, -0.05) is 37.3 Å². The van der Waals surface area contributed by atoms with Gasteiger partial charge in [0.1, 0.15) is 12.4 Å². The van der Waals surface area contributed by atoms with Crippen LogP contribution in [0.4, 0.5) is 0 Å². The molecule has 1 heterocycles. The zero-order valence-electron chi connectivity index (χ0n) is 16.9. The van der Waals surface area contributed by atoms with Gasteiger partial charge in [-0.3, -0.25) is 14.2 Å². The molecule has 10 heteroatoms. The first-order chi connectivity index (χ1) is 14.2. The van der Waals surface area contributed by atoms with E-state index in [0.29, 0.717) is 24.4 Å². The number of nitrogens with one attached hydrogen (secondary N) is 1. The lowest BCUT2D eigenvalue weighted by atomic mass is 9.94. The van der Waals surface area contributed by atoms with Crippen molar-refractivity contribution in [1.29, 1.82) is 0 Å². The molecule has 162 valence electrons. The number of hydrogen-bond acceptors (Lipinski definition) is 5. The number of amides is 2. The third-order valence-corrected chi connectivity index (χ3v) is 5.74. The zero-order chi connectivity index (χ0) is 21.9. The van der Waals surface area contributed by atoms with Gasteiger partial charge >= 0.3 is 5.69 Å². The maximum atomic E-state index is 12.7. The first kappa shape index (κ1) is 22.0. The Morgan fingerprint density at radius 1 is 1.27 bits per heavy atom. The molecule has 0 bridgehead atoms. The van der Waals surface area contributed by atoms with Gasteiger partial charge < -0.3 is 16.2 Å². The summed E-state index contributed by atoms with van der Waals surface area (Å²) >= 11 is 6.21. The minimum absolute atomic E-state index is 0.138. The lowest BCUT2D eigenvalue weighted by molar-refractivity contribution is -0.118. The van der Waals surface area contributed by atoms with Gasteiger partial charge in [-0.2, -0.15) is 9.78 Å². The van der Waals surface area contributed by atoms with Crippen molar-refractivity contribution >= 4 is 23.4 Å². The molecule has 2 amide bonds. The molecule has 2 aromatic rings. The summed E-state index contributed by atoms with van der Waals surface area (Å²) in [6.45, 7) is 1.43. The van der Waals surface area contributed by atoms with E-state index >= 15 is 0 Å². The summed E-state index contributed by atoms with van der Waals surface area (Å²) in [6.07, 6.45) is 5.32. The summed E-state index contributed by atoms with van der Waals surface area (Å²) in [5, 5.41) is 17.9. The average molecular weight is 436 g/mol. The molecular weight excluding hydrogens is 410 g/mol. The number of carbonyl (C=O) groups excluding carboxylic acids is 2. The van der Waals surface area contributed by atoms with Crippen LogP contribution in [0.5, 0.6) is 0 Å². The fourth-order valence-corrected chi connectivity index (χ4v) is 3.93. The molecule has 0 atom stereocenters. The Labute approximate surface area is 178 Å². The smallest absolute Gasteiger partial charge is 0.351 e. The Balaban J connectivity index is 1.82. The zero-order valence-corrected chi connectivity index (χ0v) is 17.6. The number of nitrogens with two attached hydrogens (primary N) is 1. The van der Waals surface area contributed by atoms with Crippen LogP contribution in [-0.4, -0.2) is 43.4 Å². The molecule has 0 aliphatic heterocycles. The number of primary amides is 1. The van der Waals surface area contributed by atoms with Crippen molar-refractivity contribution in [3.63, 3.8) is 0 Å². The first-order valence-electron chi connectivity index (χ1n) is 9.95. The molecule has 0 saturated heterocycles. The summed E-state index contributed by atoms with van der Waals surface area (Å²) in [7, 11) is 0. The summed E-state index contributed by atoms with van der Waals surface area (Å²) in [5.41, 5.74) is 4.21. The fourth-order valence-electron chi connectivity index (χ4n) is 3.72. The maximum Gasteiger partial charge on any atom is 0.351 e. The predicted octanol–water partition coefficient (Wildman–Crippen LogP) is 1.30. The van der Waals surface area contributed by atoms with Crippen LogP contribution < -0.4 is 16.7 Å². The standard InChI is InChI=1S/C20H26ClN5O4/c1-13-24-26(19(29)25(13)11-17(22)27)14-6-7-16(21)15(10-14)18(28)23-12-20(30)8-4-2-3-5-9-20/h6-7,10,30H,2-5,8-9,11-12H2,1H3,(H2,22,27)(H,23,28). The molecule has 1 saturated carbocycles. The highest BCUT2D eigenvalue weighted by molar-refractivity contribution is 6.33. The molecule has 3 rings (SSSR count). The van der Waals surface area contributed by atoms with Gasteiger partial charge in [-0.15, -0.1) is 0 Å². The lowest BCUT2D eigenvalue weighted by Crippen LogP contribution is -2.42. The van der Waals surface area contributed by atoms with Crippen LogP contribution in [0.15, 0.2) is 23.0 Å². The van der Waals surface area contributed by atoms with Crippen LogP contribution in [0.2, 0.25) is 5.02 Å². The first-order valence-corrected chi connectivity index (χ1v) is 10.3. The largest absolute Gasteiger partial charge is 0.388 e. The molecule has 4 N–H and O–H groups in total. The van der Waals surface area contributed by atoms with E-state index in [1.54, 1.807) is 13.0 Å². The highest BCUT2D eigenvalue weighted by atomic mass is 35.5. The minimum Gasteiger partial charge on any atom is -0.388 e. The van der Waals surface area contributed by atoms with Crippen LogP contribution >= 0.6 is 11.6 Å². The van der Waals surface area contributed by atoms with E-state index in [1.807, 2.05) is 0 Å². The number of aromatic nitrogens is 3. The Bertz CT molecular complexity index is 1010. The number of benzene rings is 1. The normalized spacial score (nSPS) is 16.1. The van der Waals surface area contributed by atoms with E-state index in [2.05, 4.69) is 10.4 Å². The summed E-state index contributed by atoms with van der Waals surface area (Å²) in [4.78, 5) is 36.5. The topological polar surface area (TPSA) is 132 Å². The third-order valence-electron chi connectivity index (χ3n) is 5.41. The number of carbonyl (C=O) groups is 2. The molecule has 1 aromatic carbocycles. The van der Waals surface area contributed by atoms with E-state index in [9.17, 15) is 19.5 Å². The number of aliphatic hydroxyl groups is 1. The Hall–Kier alpha value is -2.65. The molecule has 0 unspecified atom stereocenters. The van der Waals surface area contributed by atoms with Crippen LogP contribution in [0.3, 0.4) is 0 Å². The molecule has 1 aromatic heterocycles. The van der Waals surface area contributed by atoms with Gasteiger partial charge in [0, 0.05) is 6.54 Å². The summed E-state index contributed by atoms with van der Waals surface area (Å²) in [5.74, 6) is -0.788. The maximum absolute atomic E-state index is 12.7.